The van der Waals surface area contributed by atoms with Gasteiger partial charge in [0.05, 0.1) is 33.1 Å². The highest BCUT2D eigenvalue weighted by Crippen LogP contribution is 2.38. The minimum Gasteiger partial charge on any atom is -0.342 e. The third kappa shape index (κ3) is 2.55. The fourth-order valence-corrected chi connectivity index (χ4v) is 5.66. The zero-order chi connectivity index (χ0) is 24.0. The summed E-state index contributed by atoms with van der Waals surface area (Å²) in [5, 5.41) is 6.61. The number of nitrogens with zero attached hydrogens (tertiary/aromatic N) is 4. The molecule has 0 aliphatic rings. The highest BCUT2D eigenvalue weighted by atomic mass is 14.9. The number of hydrogen-bond acceptors (Lipinski definition) is 4. The summed E-state index contributed by atoms with van der Waals surface area (Å²) < 4.78 is 0. The second-order valence-electron chi connectivity index (χ2n) is 9.41. The minimum atomic E-state index is 0.904. The average Bonchev–Trinajstić information content (AvgIpc) is 3.51. The third-order valence-corrected chi connectivity index (χ3v) is 7.19. The van der Waals surface area contributed by atoms with Crippen molar-refractivity contribution in [2.75, 3.05) is 0 Å². The Kier molecular flexibility index (Phi) is 3.71. The molecule has 0 fully saturated rings. The molecular weight excluding hydrogens is 444 g/mol. The number of aromatic amines is 2. The molecule has 4 aromatic heterocycles. The summed E-state index contributed by atoms with van der Waals surface area (Å²) in [6.45, 7) is 3.99. The van der Waals surface area contributed by atoms with Gasteiger partial charge in [-0.05, 0) is 61.4 Å². The number of benzene rings is 4. The summed E-state index contributed by atoms with van der Waals surface area (Å²) in [6.07, 6.45) is 3.70. The van der Waals surface area contributed by atoms with Crippen molar-refractivity contribution in [3.63, 3.8) is 0 Å². The molecule has 4 aromatic carbocycles. The van der Waals surface area contributed by atoms with Crippen molar-refractivity contribution in [2.24, 2.45) is 0 Å². The Labute approximate surface area is 205 Å². The first-order valence-corrected chi connectivity index (χ1v) is 12.0. The van der Waals surface area contributed by atoms with E-state index in [0.717, 1.165) is 88.2 Å². The number of aryl methyl sites for hydroxylation is 2. The first-order chi connectivity index (χ1) is 17.7. The largest absolute Gasteiger partial charge is 0.342 e. The van der Waals surface area contributed by atoms with E-state index in [1.165, 1.54) is 0 Å². The van der Waals surface area contributed by atoms with Crippen LogP contribution in [0, 0.1) is 13.8 Å². The topological polar surface area (TPSA) is 83.1 Å². The van der Waals surface area contributed by atoms with E-state index in [1.54, 1.807) is 0 Å². The molecule has 0 unspecified atom stereocenters. The van der Waals surface area contributed by atoms with Crippen molar-refractivity contribution in [1.82, 2.24) is 29.9 Å². The standard InChI is InChI=1S/C30H20N6/c1-15-33-27-19-9-7-17(13-23(19)25-21(29(27)35-15)5-3-11-31-25)18-8-10-20-24(14-18)26-22(6-4-12-32-26)30-28(20)34-16(2)36-30/h3-14H,1-2H3,(H,33,35)(H,34,36). The molecule has 6 heteroatoms. The second-order valence-corrected chi connectivity index (χ2v) is 9.41. The SMILES string of the molecule is Cc1nc2c3cccnc3c3cc(-c4ccc5c(c4)c4ncccc4c4nc(C)[nH]c54)ccc3c2[nH]1. The van der Waals surface area contributed by atoms with Gasteiger partial charge in [0, 0.05) is 44.7 Å². The molecule has 2 N–H and O–H groups in total. The molecule has 0 atom stereocenters. The number of rotatable bonds is 1. The number of hydrogen-bond donors (Lipinski definition) is 2. The van der Waals surface area contributed by atoms with Crippen LogP contribution in [0.4, 0.5) is 0 Å². The average molecular weight is 465 g/mol. The summed E-state index contributed by atoms with van der Waals surface area (Å²) in [5.41, 5.74) is 8.26. The molecule has 0 spiro atoms. The molecule has 0 saturated carbocycles. The number of nitrogens with one attached hydrogen (secondary N) is 2. The van der Waals surface area contributed by atoms with Gasteiger partial charge in [-0.25, -0.2) is 9.97 Å². The van der Waals surface area contributed by atoms with Gasteiger partial charge in [-0.2, -0.15) is 0 Å². The zero-order valence-corrected chi connectivity index (χ0v) is 19.7. The quantitative estimate of drug-likeness (QED) is 0.253. The van der Waals surface area contributed by atoms with Crippen molar-refractivity contribution < 1.29 is 0 Å². The number of aromatic nitrogens is 6. The molecule has 0 aliphatic carbocycles. The zero-order valence-electron chi connectivity index (χ0n) is 19.7. The molecule has 36 heavy (non-hydrogen) atoms. The van der Waals surface area contributed by atoms with E-state index in [2.05, 4.69) is 58.5 Å². The smallest absolute Gasteiger partial charge is 0.104 e. The Hall–Kier alpha value is -4.84. The normalized spacial score (nSPS) is 12.2. The van der Waals surface area contributed by atoms with Crippen LogP contribution in [0.25, 0.3) is 76.5 Å². The fourth-order valence-electron chi connectivity index (χ4n) is 5.66. The Balaban J connectivity index is 1.45. The minimum absolute atomic E-state index is 0.904. The van der Waals surface area contributed by atoms with Gasteiger partial charge in [-0.15, -0.1) is 0 Å². The fraction of sp³-hybridized carbons (Fsp3) is 0.0667. The molecule has 4 heterocycles. The van der Waals surface area contributed by atoms with E-state index in [0.29, 0.717) is 0 Å². The van der Waals surface area contributed by atoms with Crippen LogP contribution < -0.4 is 0 Å². The molecule has 8 aromatic rings. The summed E-state index contributed by atoms with van der Waals surface area (Å²) in [6, 6.07) is 21.4. The first kappa shape index (κ1) is 19.5. The van der Waals surface area contributed by atoms with Gasteiger partial charge in [-0.1, -0.05) is 24.3 Å². The van der Waals surface area contributed by atoms with E-state index in [9.17, 15) is 0 Å². The van der Waals surface area contributed by atoms with E-state index in [1.807, 2.05) is 38.4 Å². The molecule has 0 aliphatic heterocycles. The van der Waals surface area contributed by atoms with Gasteiger partial charge >= 0.3 is 0 Å². The predicted molar refractivity (Wildman–Crippen MR) is 146 cm³/mol. The van der Waals surface area contributed by atoms with E-state index >= 15 is 0 Å². The monoisotopic (exact) mass is 464 g/mol. The highest BCUT2D eigenvalue weighted by molar-refractivity contribution is 6.24. The van der Waals surface area contributed by atoms with Gasteiger partial charge in [-0.3, -0.25) is 9.97 Å². The maximum Gasteiger partial charge on any atom is 0.104 e. The first-order valence-electron chi connectivity index (χ1n) is 12.0. The predicted octanol–water partition coefficient (Wildman–Crippen LogP) is 7.13. The molecular formula is C30H20N6. The van der Waals surface area contributed by atoms with Crippen molar-refractivity contribution in [3.8, 4) is 11.1 Å². The van der Waals surface area contributed by atoms with Crippen LogP contribution in [0.3, 0.4) is 0 Å². The summed E-state index contributed by atoms with van der Waals surface area (Å²) >= 11 is 0. The molecule has 170 valence electrons. The van der Waals surface area contributed by atoms with Crippen molar-refractivity contribution in [3.05, 3.63) is 84.7 Å². The second kappa shape index (κ2) is 6.86. The Morgan fingerprint density at radius 1 is 0.500 bits per heavy atom. The van der Waals surface area contributed by atoms with Crippen LogP contribution in [0.15, 0.2) is 73.1 Å². The van der Waals surface area contributed by atoms with Crippen LogP contribution >= 0.6 is 0 Å². The Morgan fingerprint density at radius 2 is 0.972 bits per heavy atom. The lowest BCUT2D eigenvalue weighted by Crippen LogP contribution is -1.88. The third-order valence-electron chi connectivity index (χ3n) is 7.19. The highest BCUT2D eigenvalue weighted by Gasteiger charge is 2.16. The van der Waals surface area contributed by atoms with E-state index < -0.39 is 0 Å². The molecule has 0 bridgehead atoms. The lowest BCUT2D eigenvalue weighted by Gasteiger charge is -2.10. The summed E-state index contributed by atoms with van der Waals surface area (Å²) in [5.74, 6) is 1.81. The molecule has 6 nitrogen and oxygen atoms in total. The van der Waals surface area contributed by atoms with Gasteiger partial charge in [0.2, 0.25) is 0 Å². The number of imidazole rings is 2. The number of fused-ring (bicyclic) bond motifs is 12. The van der Waals surface area contributed by atoms with Crippen molar-refractivity contribution in [1.29, 1.82) is 0 Å². The van der Waals surface area contributed by atoms with Gasteiger partial charge < -0.3 is 9.97 Å². The Bertz CT molecular complexity index is 2030. The molecule has 0 radical (unpaired) electrons. The molecule has 0 saturated heterocycles. The number of H-pyrrole nitrogens is 2. The Morgan fingerprint density at radius 3 is 1.44 bits per heavy atom. The van der Waals surface area contributed by atoms with Crippen molar-refractivity contribution in [2.45, 2.75) is 13.8 Å². The van der Waals surface area contributed by atoms with Gasteiger partial charge in [0.25, 0.3) is 0 Å². The van der Waals surface area contributed by atoms with E-state index in [-0.39, 0.29) is 0 Å². The summed E-state index contributed by atoms with van der Waals surface area (Å²) in [4.78, 5) is 25.9. The van der Waals surface area contributed by atoms with Gasteiger partial charge in [0.1, 0.15) is 11.6 Å². The van der Waals surface area contributed by atoms with Crippen molar-refractivity contribution >= 4 is 65.4 Å². The number of pyridine rings is 2. The maximum absolute atomic E-state index is 4.76. The van der Waals surface area contributed by atoms with Crippen LogP contribution in [-0.2, 0) is 0 Å². The van der Waals surface area contributed by atoms with Crippen LogP contribution in [0.1, 0.15) is 11.6 Å². The van der Waals surface area contributed by atoms with Crippen LogP contribution in [0.2, 0.25) is 0 Å². The summed E-state index contributed by atoms with van der Waals surface area (Å²) in [7, 11) is 0. The van der Waals surface area contributed by atoms with E-state index in [4.69, 9.17) is 19.9 Å². The lowest BCUT2D eigenvalue weighted by molar-refractivity contribution is 1.17. The van der Waals surface area contributed by atoms with Crippen LogP contribution in [0.5, 0.6) is 0 Å². The molecule has 0 amide bonds. The lowest BCUT2D eigenvalue weighted by atomic mass is 9.95. The maximum atomic E-state index is 4.76. The molecule has 8 rings (SSSR count). The van der Waals surface area contributed by atoms with Crippen LogP contribution in [-0.4, -0.2) is 29.9 Å². The van der Waals surface area contributed by atoms with Gasteiger partial charge in [0.15, 0.2) is 0 Å².